The molecule has 0 spiro atoms. The quantitative estimate of drug-likeness (QED) is 0.0863. The summed E-state index contributed by atoms with van der Waals surface area (Å²) in [5, 5.41) is 19.0. The molecule has 0 fully saturated rings. The first-order valence-electron chi connectivity index (χ1n) is 35.0. The van der Waals surface area contributed by atoms with E-state index in [1.807, 2.05) is 165 Å². The molecule has 2 unspecified atom stereocenters. The third-order valence-corrected chi connectivity index (χ3v) is 15.3. The zero-order valence-corrected chi connectivity index (χ0v) is 61.5. The maximum atomic E-state index is 9.88. The third-order valence-electron chi connectivity index (χ3n) is 15.3. The van der Waals surface area contributed by atoms with Crippen molar-refractivity contribution in [1.82, 2.24) is 29.9 Å². The molecule has 95 heavy (non-hydrogen) atoms. The summed E-state index contributed by atoms with van der Waals surface area (Å²) >= 11 is 0. The fourth-order valence-electron chi connectivity index (χ4n) is 9.87. The maximum Gasteiger partial charge on any atom is 0.119 e. The number of aromatic nitrogens is 6. The average molecular weight is 1290 g/mol. The molecule has 6 heterocycles. The number of para-hydroxylation sites is 1. The first-order valence-corrected chi connectivity index (χ1v) is 35.0. The van der Waals surface area contributed by atoms with E-state index in [0.29, 0.717) is 53.3 Å². The van der Waals surface area contributed by atoms with Crippen molar-refractivity contribution in [3.8, 4) is 5.75 Å². The van der Waals surface area contributed by atoms with Crippen molar-refractivity contribution in [2.45, 2.75) is 193 Å². The Morgan fingerprint density at radius 2 is 0.916 bits per heavy atom. The Hall–Kier alpha value is -7.72. The van der Waals surface area contributed by atoms with Gasteiger partial charge in [-0.2, -0.15) is 0 Å². The molecule has 0 radical (unpaired) electrons. The van der Waals surface area contributed by atoms with Crippen LogP contribution in [0.25, 0.3) is 0 Å². The fourth-order valence-corrected chi connectivity index (χ4v) is 9.87. The van der Waals surface area contributed by atoms with Crippen molar-refractivity contribution in [2.24, 2.45) is 41.4 Å². The highest BCUT2D eigenvalue weighted by Gasteiger charge is 2.32. The summed E-state index contributed by atoms with van der Waals surface area (Å²) in [5.41, 5.74) is 11.7. The molecule has 3 aromatic carbocycles. The average Bonchev–Trinajstić information content (AvgIpc) is 1.67. The lowest BCUT2D eigenvalue weighted by molar-refractivity contribution is 0.136. The van der Waals surface area contributed by atoms with Gasteiger partial charge in [-0.25, -0.2) is 0 Å². The first-order chi connectivity index (χ1) is 45.5. The van der Waals surface area contributed by atoms with E-state index in [-0.39, 0.29) is 12.7 Å². The largest absolute Gasteiger partial charge is 0.494 e. The molecular weight excluding hydrogens is 1160 g/mol. The van der Waals surface area contributed by atoms with Gasteiger partial charge in [0.05, 0.1) is 12.7 Å². The molecule has 1 aliphatic carbocycles. The van der Waals surface area contributed by atoms with Crippen molar-refractivity contribution >= 4 is 0 Å². The summed E-state index contributed by atoms with van der Waals surface area (Å²) in [6, 6.07) is 57.1. The van der Waals surface area contributed by atoms with Gasteiger partial charge in [-0.3, -0.25) is 29.9 Å². The topological polar surface area (TPSA) is 127 Å². The Labute approximate surface area is 577 Å². The maximum absolute atomic E-state index is 9.88. The molecular formula is C86H122N6O3. The first kappa shape index (κ1) is 83.4. The number of hydrogen-bond acceptors (Lipinski definition) is 9. The Balaban J connectivity index is 0.000000365. The van der Waals surface area contributed by atoms with Gasteiger partial charge in [0.2, 0.25) is 0 Å². The Morgan fingerprint density at radius 3 is 1.36 bits per heavy atom. The molecule has 0 amide bonds. The van der Waals surface area contributed by atoms with E-state index < -0.39 is 0 Å². The van der Waals surface area contributed by atoms with Crippen molar-refractivity contribution < 1.29 is 14.9 Å². The minimum Gasteiger partial charge on any atom is -0.494 e. The summed E-state index contributed by atoms with van der Waals surface area (Å²) in [5.74, 6) is 7.42. The third kappa shape index (κ3) is 40.3. The predicted octanol–water partition coefficient (Wildman–Crippen LogP) is 21.4. The highest BCUT2D eigenvalue weighted by Crippen LogP contribution is 2.38. The number of ether oxygens (including phenoxy) is 1. The number of aliphatic hydroxyl groups is 2. The highest BCUT2D eigenvalue weighted by atomic mass is 16.5. The van der Waals surface area contributed by atoms with Crippen LogP contribution in [0.1, 0.15) is 205 Å². The van der Waals surface area contributed by atoms with E-state index >= 15 is 0 Å². The van der Waals surface area contributed by atoms with Gasteiger partial charge in [0.1, 0.15) is 5.75 Å². The second-order valence-corrected chi connectivity index (χ2v) is 27.6. The van der Waals surface area contributed by atoms with Gasteiger partial charge in [-0.1, -0.05) is 222 Å². The van der Waals surface area contributed by atoms with Gasteiger partial charge >= 0.3 is 0 Å². The minimum atomic E-state index is -0.169. The molecule has 514 valence electrons. The second-order valence-electron chi connectivity index (χ2n) is 27.6. The molecule has 0 aliphatic heterocycles. The van der Waals surface area contributed by atoms with E-state index in [9.17, 15) is 5.11 Å². The number of benzene rings is 3. The van der Waals surface area contributed by atoms with Crippen molar-refractivity contribution in [3.63, 3.8) is 0 Å². The van der Waals surface area contributed by atoms with Crippen molar-refractivity contribution in [3.05, 3.63) is 282 Å². The number of nitrogens with zero attached hydrogens (tertiary/aromatic N) is 6. The highest BCUT2D eigenvalue weighted by molar-refractivity contribution is 5.37. The van der Waals surface area contributed by atoms with Crippen molar-refractivity contribution in [2.75, 3.05) is 13.2 Å². The lowest BCUT2D eigenvalue weighted by atomic mass is 9.89. The van der Waals surface area contributed by atoms with Crippen LogP contribution in [0.4, 0.5) is 0 Å². The molecule has 9 heteroatoms. The number of aliphatic hydroxyl groups excluding tert-OH is 2. The van der Waals surface area contributed by atoms with E-state index in [1.165, 1.54) is 44.6 Å². The standard InChI is InChI=1S/C12H16O.C12H18O.C11H16O.3C9H13N.3C8H11N/c1-8(2)12-10-6-4-3-5-9(10)7-11(12)13;1-10(2)12(9-13)8-11-6-4-3-5-7-11;1-10(2)8-9-12-11-6-4-3-5-7-11;1-8(2)7-9-3-5-10-6-4-9;1-8(2)6-9-4-3-5-10-7-9;1-8(2)7-9-5-3-4-6-10-9;1-7(2)8-3-5-9-6-4-8;1-7(2)8-4-3-5-9-6-8;1-7(2)8-5-3-4-6-9-8/h3-6,8,11-13H,7H2,1-2H3;3-7,10,12-13H,8-9H2,1-2H3;3-7,10H,8-9H2,1-2H3;3-6,8H,7H2,1-2H3;3-5,7-8H,6H2,1-2H3;3-6,8H,7H2,1-2H3;3*3-7H,1-2H3/t11?,12-;;;;;;;;/m1......../s1. The zero-order valence-electron chi connectivity index (χ0n) is 61.5. The van der Waals surface area contributed by atoms with Gasteiger partial charge in [-0.05, 0) is 209 Å². The van der Waals surface area contributed by atoms with Gasteiger partial charge in [-0.15, -0.1) is 0 Å². The number of rotatable bonds is 18. The van der Waals surface area contributed by atoms with Gasteiger partial charge in [0.15, 0.2) is 0 Å². The van der Waals surface area contributed by atoms with E-state index in [4.69, 9.17) is 9.84 Å². The Kier molecular flexibility index (Phi) is 44.5. The number of pyridine rings is 6. The SMILES string of the molecule is CC(C)C(CO)Cc1ccccc1.CC(C)CCOc1ccccc1.CC(C)Cc1ccccn1.CC(C)Cc1cccnc1.CC(C)Cc1ccncc1.CC(C)[C@@H]1c2ccccc2CC1O.CC(C)c1ccccn1.CC(C)c1cccnc1.CC(C)c1ccncc1. The van der Waals surface area contributed by atoms with Crippen molar-refractivity contribution in [1.29, 1.82) is 0 Å². The van der Waals surface area contributed by atoms with Crippen LogP contribution in [0.5, 0.6) is 5.75 Å². The van der Waals surface area contributed by atoms with Gasteiger partial charge < -0.3 is 14.9 Å². The van der Waals surface area contributed by atoms with E-state index in [0.717, 1.165) is 68.4 Å². The smallest absolute Gasteiger partial charge is 0.119 e. The summed E-state index contributed by atoms with van der Waals surface area (Å²) in [7, 11) is 0. The summed E-state index contributed by atoms with van der Waals surface area (Å²) < 4.78 is 5.52. The second kappa shape index (κ2) is 50.7. The zero-order chi connectivity index (χ0) is 70.2. The molecule has 6 aromatic heterocycles. The van der Waals surface area contributed by atoms with Crippen LogP contribution in [0, 0.1) is 41.4 Å². The van der Waals surface area contributed by atoms with Crippen LogP contribution in [0.15, 0.2) is 232 Å². The van der Waals surface area contributed by atoms with Crippen LogP contribution in [-0.4, -0.2) is 59.4 Å². The van der Waals surface area contributed by atoms with Crippen LogP contribution in [-0.2, 0) is 32.1 Å². The fraction of sp³-hybridized carbons (Fsp3) is 0.442. The lowest BCUT2D eigenvalue weighted by Crippen LogP contribution is -2.18. The molecule has 1 aliphatic rings. The van der Waals surface area contributed by atoms with Crippen LogP contribution in [0.2, 0.25) is 0 Å². The molecule has 0 saturated carbocycles. The van der Waals surface area contributed by atoms with Crippen LogP contribution < -0.4 is 4.74 Å². The monoisotopic (exact) mass is 1290 g/mol. The van der Waals surface area contributed by atoms with Crippen LogP contribution in [0.3, 0.4) is 0 Å². The Bertz CT molecular complexity index is 2940. The normalized spacial score (nSPS) is 12.9. The Morgan fingerprint density at radius 1 is 0.411 bits per heavy atom. The van der Waals surface area contributed by atoms with Gasteiger partial charge in [0, 0.05) is 85.9 Å². The van der Waals surface area contributed by atoms with Gasteiger partial charge in [0.25, 0.3) is 0 Å². The van der Waals surface area contributed by atoms with Crippen LogP contribution >= 0.6 is 0 Å². The van der Waals surface area contributed by atoms with E-state index in [2.05, 4.69) is 215 Å². The van der Waals surface area contributed by atoms with E-state index in [1.54, 1.807) is 6.20 Å². The molecule has 2 N–H and O–H groups in total. The molecule has 3 atom stereocenters. The summed E-state index contributed by atoms with van der Waals surface area (Å²) in [6.07, 6.45) is 24.6. The summed E-state index contributed by atoms with van der Waals surface area (Å²) in [4.78, 5) is 24.3. The molecule has 9 aromatic rings. The molecule has 9 nitrogen and oxygen atoms in total. The predicted molar refractivity (Wildman–Crippen MR) is 404 cm³/mol. The summed E-state index contributed by atoms with van der Waals surface area (Å²) in [6.45, 7) is 40.4. The molecule has 0 bridgehead atoms. The minimum absolute atomic E-state index is 0.169. The molecule has 0 saturated heterocycles. The molecule has 10 rings (SSSR count). The number of hydrogen-bond donors (Lipinski definition) is 2. The number of fused-ring (bicyclic) bond motifs is 1. The lowest BCUT2D eigenvalue weighted by Gasteiger charge is -2.19.